The summed E-state index contributed by atoms with van der Waals surface area (Å²) in [5.74, 6) is -0.0156. The molecule has 2 heterocycles. The number of hydrogen-bond donors (Lipinski definition) is 1. The summed E-state index contributed by atoms with van der Waals surface area (Å²) in [5.41, 5.74) is 2.97. The molecule has 2 atom stereocenters. The Bertz CT molecular complexity index is 724. The zero-order valence-corrected chi connectivity index (χ0v) is 15.8. The normalized spacial score (nSPS) is 18.3. The van der Waals surface area contributed by atoms with Crippen molar-refractivity contribution in [2.45, 2.75) is 56.7 Å². The smallest absolute Gasteiger partial charge is 0.237 e. The number of carbonyl (C=O) groups excluding carboxylic acids is 1. The van der Waals surface area contributed by atoms with Crippen molar-refractivity contribution < 1.29 is 9.53 Å². The number of carbonyl (C=O) groups is 1. The lowest BCUT2D eigenvalue weighted by Crippen LogP contribution is -2.23. The van der Waals surface area contributed by atoms with Crippen LogP contribution >= 0.6 is 11.8 Å². The molecule has 0 bridgehead atoms. The third-order valence-electron chi connectivity index (χ3n) is 4.53. The molecule has 0 aliphatic carbocycles. The second-order valence-corrected chi connectivity index (χ2v) is 7.73. The van der Waals surface area contributed by atoms with Crippen LogP contribution in [0.4, 0.5) is 5.69 Å². The van der Waals surface area contributed by atoms with Crippen molar-refractivity contribution in [1.29, 1.82) is 0 Å². The molecule has 5 nitrogen and oxygen atoms in total. The molecule has 0 saturated carbocycles. The highest BCUT2D eigenvalue weighted by Gasteiger charge is 2.23. The molecule has 3 rings (SSSR count). The molecule has 1 aliphatic rings. The summed E-state index contributed by atoms with van der Waals surface area (Å²) in [7, 11) is 0. The fourth-order valence-corrected chi connectivity index (χ4v) is 3.91. The number of thioether (sulfide) groups is 1. The van der Waals surface area contributed by atoms with Crippen molar-refractivity contribution >= 4 is 23.4 Å². The van der Waals surface area contributed by atoms with Crippen LogP contribution in [0.15, 0.2) is 35.5 Å². The molecule has 1 fully saturated rings. The Labute approximate surface area is 153 Å². The first-order valence-electron chi connectivity index (χ1n) is 8.72. The fraction of sp³-hybridized carbons (Fsp3) is 0.474. The maximum Gasteiger partial charge on any atom is 0.237 e. The zero-order chi connectivity index (χ0) is 17.8. The number of amides is 1. The average molecular weight is 359 g/mol. The van der Waals surface area contributed by atoms with Gasteiger partial charge in [0.15, 0.2) is 5.16 Å². The maximum atomic E-state index is 12.5. The minimum Gasteiger partial charge on any atom is -0.376 e. The van der Waals surface area contributed by atoms with Gasteiger partial charge in [-0.2, -0.15) is 0 Å². The first-order valence-corrected chi connectivity index (χ1v) is 9.60. The summed E-state index contributed by atoms with van der Waals surface area (Å²) in [6.45, 7) is 7.66. The predicted molar refractivity (Wildman–Crippen MR) is 101 cm³/mol. The van der Waals surface area contributed by atoms with Crippen LogP contribution in [0.3, 0.4) is 0 Å². The van der Waals surface area contributed by atoms with Crippen LogP contribution in [-0.2, 0) is 16.1 Å². The second kappa shape index (κ2) is 8.06. The van der Waals surface area contributed by atoms with Gasteiger partial charge >= 0.3 is 0 Å². The number of nitrogens with one attached hydrogen (secondary N) is 1. The summed E-state index contributed by atoms with van der Waals surface area (Å²) < 4.78 is 7.97. The van der Waals surface area contributed by atoms with Crippen LogP contribution in [0, 0.1) is 13.8 Å². The number of imidazole rings is 1. The van der Waals surface area contributed by atoms with E-state index >= 15 is 0 Å². The van der Waals surface area contributed by atoms with Crippen LogP contribution in [-0.4, -0.2) is 33.4 Å². The lowest BCUT2D eigenvalue weighted by Gasteiger charge is -2.16. The van der Waals surface area contributed by atoms with E-state index in [4.69, 9.17) is 4.74 Å². The lowest BCUT2D eigenvalue weighted by molar-refractivity contribution is -0.115. The van der Waals surface area contributed by atoms with Crippen LogP contribution in [0.25, 0.3) is 0 Å². The van der Waals surface area contributed by atoms with Gasteiger partial charge in [0.1, 0.15) is 0 Å². The molecule has 6 heteroatoms. The van der Waals surface area contributed by atoms with Crippen molar-refractivity contribution in [3.63, 3.8) is 0 Å². The van der Waals surface area contributed by atoms with Gasteiger partial charge in [0.25, 0.3) is 0 Å². The van der Waals surface area contributed by atoms with Crippen molar-refractivity contribution in [2.24, 2.45) is 0 Å². The second-order valence-electron chi connectivity index (χ2n) is 6.43. The number of benzene rings is 1. The molecule has 2 aromatic rings. The van der Waals surface area contributed by atoms with Crippen molar-refractivity contribution in [3.8, 4) is 0 Å². The van der Waals surface area contributed by atoms with E-state index in [1.807, 2.05) is 44.2 Å². The lowest BCUT2D eigenvalue weighted by atomic mass is 10.2. The molecule has 0 spiro atoms. The van der Waals surface area contributed by atoms with Gasteiger partial charge in [0.05, 0.1) is 23.6 Å². The topological polar surface area (TPSA) is 56.2 Å². The number of hydrogen-bond acceptors (Lipinski definition) is 4. The van der Waals surface area contributed by atoms with E-state index in [1.165, 1.54) is 11.8 Å². The number of rotatable bonds is 6. The highest BCUT2D eigenvalue weighted by molar-refractivity contribution is 8.00. The summed E-state index contributed by atoms with van der Waals surface area (Å²) in [5, 5.41) is 3.61. The Hall–Kier alpha value is -1.79. The summed E-state index contributed by atoms with van der Waals surface area (Å²) >= 11 is 1.50. The van der Waals surface area contributed by atoms with Gasteiger partial charge < -0.3 is 14.6 Å². The fourth-order valence-electron chi connectivity index (χ4n) is 2.90. The maximum absolute atomic E-state index is 12.5. The molecule has 1 aromatic carbocycles. The predicted octanol–water partition coefficient (Wildman–Crippen LogP) is 3.80. The minimum atomic E-state index is -0.232. The summed E-state index contributed by atoms with van der Waals surface area (Å²) in [4.78, 5) is 17.1. The molecule has 1 aliphatic heterocycles. The number of aryl methyl sites for hydroxylation is 1. The number of nitrogens with zero attached hydrogens (tertiary/aromatic N) is 2. The first-order chi connectivity index (χ1) is 12.0. The molecule has 0 radical (unpaired) electrons. The largest absolute Gasteiger partial charge is 0.376 e. The van der Waals surface area contributed by atoms with E-state index in [0.29, 0.717) is 0 Å². The molecule has 134 valence electrons. The van der Waals surface area contributed by atoms with Gasteiger partial charge in [-0.1, -0.05) is 30.0 Å². The summed E-state index contributed by atoms with van der Waals surface area (Å²) in [6, 6.07) is 9.54. The molecule has 25 heavy (non-hydrogen) atoms. The Morgan fingerprint density at radius 2 is 2.16 bits per heavy atom. The van der Waals surface area contributed by atoms with E-state index in [1.54, 1.807) is 0 Å². The molecule has 1 N–H and O–H groups in total. The summed E-state index contributed by atoms with van der Waals surface area (Å²) in [6.07, 6.45) is 2.46. The van der Waals surface area contributed by atoms with Crippen LogP contribution in [0.1, 0.15) is 31.2 Å². The van der Waals surface area contributed by atoms with Crippen molar-refractivity contribution in [3.05, 3.63) is 41.7 Å². The van der Waals surface area contributed by atoms with E-state index in [-0.39, 0.29) is 17.3 Å². The van der Waals surface area contributed by atoms with E-state index in [2.05, 4.69) is 21.8 Å². The number of ether oxygens (including phenoxy) is 1. The standard InChI is InChI=1S/C19H25N3O2S/c1-13-14(2)22(12-17-10-7-11-24-17)19(20-13)25-15(3)18(23)21-16-8-5-4-6-9-16/h4-6,8-9,15,17H,7,10-12H2,1-3H3,(H,21,23). The number of para-hydroxylation sites is 1. The molecular formula is C19H25N3O2S. The number of aromatic nitrogens is 2. The van der Waals surface area contributed by atoms with Gasteiger partial charge in [0.2, 0.25) is 5.91 Å². The molecule has 2 unspecified atom stereocenters. The van der Waals surface area contributed by atoms with Crippen LogP contribution in [0.2, 0.25) is 0 Å². The number of anilines is 1. The molecular weight excluding hydrogens is 334 g/mol. The third-order valence-corrected chi connectivity index (χ3v) is 5.62. The van der Waals surface area contributed by atoms with Crippen LogP contribution in [0.5, 0.6) is 0 Å². The minimum absolute atomic E-state index is 0.0156. The van der Waals surface area contributed by atoms with Crippen LogP contribution < -0.4 is 5.32 Å². The Balaban J connectivity index is 1.68. The van der Waals surface area contributed by atoms with Gasteiger partial charge in [-0.25, -0.2) is 4.98 Å². The Morgan fingerprint density at radius 3 is 2.84 bits per heavy atom. The highest BCUT2D eigenvalue weighted by atomic mass is 32.2. The van der Waals surface area contributed by atoms with E-state index in [0.717, 1.165) is 48.2 Å². The van der Waals surface area contributed by atoms with Gasteiger partial charge in [-0.05, 0) is 45.7 Å². The Morgan fingerprint density at radius 1 is 1.40 bits per heavy atom. The van der Waals surface area contributed by atoms with E-state index in [9.17, 15) is 4.79 Å². The van der Waals surface area contributed by atoms with Gasteiger partial charge in [-0.15, -0.1) is 0 Å². The Kier molecular flexibility index (Phi) is 5.81. The van der Waals surface area contributed by atoms with Crippen molar-refractivity contribution in [1.82, 2.24) is 9.55 Å². The zero-order valence-electron chi connectivity index (χ0n) is 15.0. The first kappa shape index (κ1) is 18.0. The SMILES string of the molecule is Cc1nc(SC(C)C(=O)Nc2ccccc2)n(CC2CCCO2)c1C. The van der Waals surface area contributed by atoms with Gasteiger partial charge in [0, 0.05) is 18.0 Å². The quantitative estimate of drug-likeness (QED) is 0.797. The monoisotopic (exact) mass is 359 g/mol. The third kappa shape index (κ3) is 4.44. The molecule has 1 aromatic heterocycles. The van der Waals surface area contributed by atoms with E-state index < -0.39 is 0 Å². The van der Waals surface area contributed by atoms with Crippen molar-refractivity contribution in [2.75, 3.05) is 11.9 Å². The average Bonchev–Trinajstić information content (AvgIpc) is 3.20. The highest BCUT2D eigenvalue weighted by Crippen LogP contribution is 2.27. The molecule has 1 saturated heterocycles. The molecule has 1 amide bonds. The van der Waals surface area contributed by atoms with Gasteiger partial charge in [-0.3, -0.25) is 4.79 Å².